The van der Waals surface area contributed by atoms with Crippen LogP contribution in [0.25, 0.3) is 10.9 Å². The van der Waals surface area contributed by atoms with E-state index < -0.39 is 11.7 Å². The lowest BCUT2D eigenvalue weighted by atomic mass is 9.99. The van der Waals surface area contributed by atoms with E-state index in [4.69, 9.17) is 4.74 Å². The second-order valence-electron chi connectivity index (χ2n) is 8.07. The van der Waals surface area contributed by atoms with E-state index >= 15 is 0 Å². The normalized spacial score (nSPS) is 12.9. The van der Waals surface area contributed by atoms with Gasteiger partial charge in [0.05, 0.1) is 5.52 Å². The molecule has 0 saturated heterocycles. The highest BCUT2D eigenvalue weighted by molar-refractivity contribution is 5.92. The van der Waals surface area contributed by atoms with Crippen molar-refractivity contribution in [2.24, 2.45) is 5.92 Å². The Bertz CT molecular complexity index is 807. The van der Waals surface area contributed by atoms with Crippen LogP contribution in [0.4, 0.5) is 4.79 Å². The molecule has 0 fully saturated rings. The van der Waals surface area contributed by atoms with Gasteiger partial charge in [-0.05, 0) is 44.7 Å². The summed E-state index contributed by atoms with van der Waals surface area (Å²) in [5.74, 6) is 0.0396. The predicted molar refractivity (Wildman–Crippen MR) is 115 cm³/mol. The Hall–Kier alpha value is -2.37. The lowest BCUT2D eigenvalue weighted by Gasteiger charge is -2.24. The molecule has 0 unspecified atom stereocenters. The first-order chi connectivity index (χ1) is 13.3. The first kappa shape index (κ1) is 21.9. The van der Waals surface area contributed by atoms with E-state index in [1.54, 1.807) is 4.57 Å². The van der Waals surface area contributed by atoms with Gasteiger partial charge in [0.25, 0.3) is 0 Å². The quantitative estimate of drug-likeness (QED) is 0.657. The summed E-state index contributed by atoms with van der Waals surface area (Å²) in [4.78, 5) is 14.8. The molecule has 1 aromatic carbocycles. The third kappa shape index (κ3) is 5.81. The van der Waals surface area contributed by atoms with E-state index in [1.807, 2.05) is 63.4 Å². The number of carbonyl (C=O) groups excluding carboxylic acids is 1. The molecule has 152 valence electrons. The molecule has 0 saturated carbocycles. The van der Waals surface area contributed by atoms with Crippen molar-refractivity contribution >= 4 is 17.0 Å². The number of aromatic nitrogens is 1. The molecular weight excluding hydrogens is 352 g/mol. The molecule has 1 N–H and O–H groups in total. The lowest BCUT2D eigenvalue weighted by Crippen LogP contribution is -2.32. The number of hydrogen-bond acceptors (Lipinski definition) is 4. The minimum Gasteiger partial charge on any atom is -0.443 e. The fourth-order valence-electron chi connectivity index (χ4n) is 3.33. The Morgan fingerprint density at radius 1 is 1.25 bits per heavy atom. The van der Waals surface area contributed by atoms with E-state index in [0.717, 1.165) is 36.1 Å². The predicted octanol–water partition coefficient (Wildman–Crippen LogP) is 4.25. The number of hydrogen-bond donors (Lipinski definition) is 1. The van der Waals surface area contributed by atoms with Gasteiger partial charge in [-0.1, -0.05) is 30.4 Å². The zero-order chi connectivity index (χ0) is 20.7. The van der Waals surface area contributed by atoms with Crippen LogP contribution < -0.4 is 0 Å². The SMILES string of the molecule is C=CCN(CC=C)C[C@H](CO)Cc1cn(C(=O)OC(C)(C)C)c2ccccc12. The molecule has 1 atom stereocenters. The Balaban J connectivity index is 2.29. The Morgan fingerprint density at radius 3 is 2.46 bits per heavy atom. The summed E-state index contributed by atoms with van der Waals surface area (Å²) < 4.78 is 7.11. The van der Waals surface area contributed by atoms with Gasteiger partial charge in [0.2, 0.25) is 0 Å². The number of carbonyl (C=O) groups is 1. The average molecular weight is 385 g/mol. The number of aliphatic hydroxyl groups excluding tert-OH is 1. The number of aliphatic hydroxyl groups is 1. The molecule has 5 heteroatoms. The lowest BCUT2D eigenvalue weighted by molar-refractivity contribution is 0.0544. The Kier molecular flexibility index (Phi) is 7.61. The molecular formula is C23H32N2O3. The third-order valence-electron chi connectivity index (χ3n) is 4.44. The monoisotopic (exact) mass is 384 g/mol. The highest BCUT2D eigenvalue weighted by atomic mass is 16.6. The van der Waals surface area contributed by atoms with Crippen molar-refractivity contribution in [1.29, 1.82) is 0 Å². The topological polar surface area (TPSA) is 54.7 Å². The van der Waals surface area contributed by atoms with Gasteiger partial charge in [0.15, 0.2) is 0 Å². The van der Waals surface area contributed by atoms with Gasteiger partial charge in [-0.3, -0.25) is 9.47 Å². The third-order valence-corrected chi connectivity index (χ3v) is 4.44. The molecule has 0 radical (unpaired) electrons. The minimum absolute atomic E-state index is 0.0396. The minimum atomic E-state index is -0.563. The van der Waals surface area contributed by atoms with Gasteiger partial charge in [-0.25, -0.2) is 4.79 Å². The molecule has 0 aliphatic rings. The largest absolute Gasteiger partial charge is 0.443 e. The molecule has 2 rings (SSSR count). The maximum Gasteiger partial charge on any atom is 0.419 e. The molecule has 0 bridgehead atoms. The van der Waals surface area contributed by atoms with E-state index in [1.165, 1.54) is 0 Å². The van der Waals surface area contributed by atoms with Crippen molar-refractivity contribution in [2.75, 3.05) is 26.2 Å². The molecule has 2 aromatic rings. The standard InChI is InChI=1S/C23H32N2O3/c1-6-12-24(13-7-2)15-18(17-26)14-19-16-25(22(27)28-23(3,4)5)21-11-9-8-10-20(19)21/h6-11,16,18,26H,1-2,12-15,17H2,3-5H3/t18-/m1/s1. The zero-order valence-electron chi connectivity index (χ0n) is 17.2. The van der Waals surface area contributed by atoms with Crippen LogP contribution in [0.15, 0.2) is 55.8 Å². The molecule has 28 heavy (non-hydrogen) atoms. The number of nitrogens with zero attached hydrogens (tertiary/aromatic N) is 2. The van der Waals surface area contributed by atoms with E-state index in [9.17, 15) is 9.90 Å². The van der Waals surface area contributed by atoms with Crippen molar-refractivity contribution in [3.63, 3.8) is 0 Å². The molecule has 0 spiro atoms. The maximum absolute atomic E-state index is 12.7. The van der Waals surface area contributed by atoms with Gasteiger partial charge in [-0.2, -0.15) is 0 Å². The summed E-state index contributed by atoms with van der Waals surface area (Å²) in [6.07, 6.45) is 5.82. The van der Waals surface area contributed by atoms with Crippen LogP contribution in [-0.4, -0.2) is 52.5 Å². The summed E-state index contributed by atoms with van der Waals surface area (Å²) in [6, 6.07) is 7.79. The number of benzene rings is 1. The maximum atomic E-state index is 12.7. The number of ether oxygens (including phenoxy) is 1. The second kappa shape index (κ2) is 9.71. The highest BCUT2D eigenvalue weighted by Crippen LogP contribution is 2.25. The van der Waals surface area contributed by atoms with Crippen molar-refractivity contribution < 1.29 is 14.6 Å². The van der Waals surface area contributed by atoms with Gasteiger partial charge in [-0.15, -0.1) is 13.2 Å². The first-order valence-corrected chi connectivity index (χ1v) is 9.66. The number of fused-ring (bicyclic) bond motifs is 1. The van der Waals surface area contributed by atoms with Crippen LogP contribution in [0, 0.1) is 5.92 Å². The summed E-state index contributed by atoms with van der Waals surface area (Å²) in [7, 11) is 0. The summed E-state index contributed by atoms with van der Waals surface area (Å²) >= 11 is 0. The first-order valence-electron chi connectivity index (χ1n) is 9.66. The molecule has 1 aromatic heterocycles. The highest BCUT2D eigenvalue weighted by Gasteiger charge is 2.22. The second-order valence-corrected chi connectivity index (χ2v) is 8.07. The Morgan fingerprint density at radius 2 is 1.89 bits per heavy atom. The van der Waals surface area contributed by atoms with E-state index in [0.29, 0.717) is 6.42 Å². The van der Waals surface area contributed by atoms with Gasteiger partial charge < -0.3 is 9.84 Å². The molecule has 5 nitrogen and oxygen atoms in total. The fourth-order valence-corrected chi connectivity index (χ4v) is 3.33. The van der Waals surface area contributed by atoms with Crippen molar-refractivity contribution in [1.82, 2.24) is 9.47 Å². The van der Waals surface area contributed by atoms with Crippen LogP contribution in [0.5, 0.6) is 0 Å². The molecule has 0 aliphatic heterocycles. The van der Waals surface area contributed by atoms with Crippen LogP contribution in [0.3, 0.4) is 0 Å². The summed E-state index contributed by atoms with van der Waals surface area (Å²) in [5.41, 5.74) is 1.28. The van der Waals surface area contributed by atoms with Crippen molar-refractivity contribution in [3.05, 3.63) is 61.3 Å². The molecule has 0 aliphatic carbocycles. The Labute approximate surface area is 167 Å². The summed E-state index contributed by atoms with van der Waals surface area (Å²) in [6.45, 7) is 15.4. The molecule has 1 heterocycles. The van der Waals surface area contributed by atoms with Crippen LogP contribution in [0.2, 0.25) is 0 Å². The van der Waals surface area contributed by atoms with Crippen molar-refractivity contribution in [2.45, 2.75) is 32.8 Å². The van der Waals surface area contributed by atoms with Crippen LogP contribution >= 0.6 is 0 Å². The fraction of sp³-hybridized carbons (Fsp3) is 0.435. The molecule has 0 amide bonds. The number of para-hydroxylation sites is 1. The van der Waals surface area contributed by atoms with E-state index in [-0.39, 0.29) is 12.5 Å². The van der Waals surface area contributed by atoms with Crippen LogP contribution in [0.1, 0.15) is 26.3 Å². The number of rotatable bonds is 9. The zero-order valence-corrected chi connectivity index (χ0v) is 17.2. The van der Waals surface area contributed by atoms with Crippen LogP contribution in [-0.2, 0) is 11.2 Å². The van der Waals surface area contributed by atoms with E-state index in [2.05, 4.69) is 18.1 Å². The van der Waals surface area contributed by atoms with Gasteiger partial charge in [0.1, 0.15) is 5.60 Å². The van der Waals surface area contributed by atoms with Gasteiger partial charge >= 0.3 is 6.09 Å². The smallest absolute Gasteiger partial charge is 0.419 e. The summed E-state index contributed by atoms with van der Waals surface area (Å²) in [5, 5.41) is 10.9. The van der Waals surface area contributed by atoms with Gasteiger partial charge in [0, 0.05) is 37.8 Å². The van der Waals surface area contributed by atoms with Crippen molar-refractivity contribution in [3.8, 4) is 0 Å². The average Bonchev–Trinajstić information content (AvgIpc) is 2.99.